The quantitative estimate of drug-likeness (QED) is 0.534. The van der Waals surface area contributed by atoms with Gasteiger partial charge >= 0.3 is 0 Å². The molecule has 0 saturated heterocycles. The summed E-state index contributed by atoms with van der Waals surface area (Å²) in [5.74, 6) is 0. The highest BCUT2D eigenvalue weighted by Gasteiger charge is 2.36. The van der Waals surface area contributed by atoms with Gasteiger partial charge < -0.3 is 9.87 Å². The van der Waals surface area contributed by atoms with Crippen LogP contribution in [0, 0.1) is 11.3 Å². The Bertz CT molecular complexity index is 1250. The molecule has 0 saturated carbocycles. The average molecular weight is 461 g/mol. The maximum absolute atomic E-state index is 13.2. The second-order valence-electron chi connectivity index (χ2n) is 9.37. The highest BCUT2D eigenvalue weighted by Crippen LogP contribution is 2.32. The van der Waals surface area contributed by atoms with Crippen molar-refractivity contribution < 1.29 is 4.55 Å². The fourth-order valence-electron chi connectivity index (χ4n) is 3.88. The monoisotopic (exact) mass is 460 g/mol. The van der Waals surface area contributed by atoms with Gasteiger partial charge in [-0.3, -0.25) is 4.98 Å². The van der Waals surface area contributed by atoms with Crippen molar-refractivity contribution in [3.8, 4) is 11.8 Å². The zero-order valence-electron chi connectivity index (χ0n) is 19.2. The van der Waals surface area contributed by atoms with E-state index in [1.165, 1.54) is 0 Å². The van der Waals surface area contributed by atoms with E-state index in [4.69, 9.17) is 4.98 Å². The van der Waals surface area contributed by atoms with Crippen LogP contribution in [0.25, 0.3) is 16.6 Å². The molecule has 4 rings (SSSR count). The van der Waals surface area contributed by atoms with Gasteiger partial charge in [0.05, 0.1) is 34.7 Å². The highest BCUT2D eigenvalue weighted by atomic mass is 32.2. The molecule has 2 aromatic heterocycles. The molecule has 33 heavy (non-hydrogen) atoms. The summed E-state index contributed by atoms with van der Waals surface area (Å²) in [5, 5.41) is 18.3. The number of aromatic nitrogens is 3. The lowest BCUT2D eigenvalue weighted by Gasteiger charge is -2.35. The number of benzene rings is 1. The van der Waals surface area contributed by atoms with Crippen molar-refractivity contribution >= 4 is 22.3 Å². The Hall–Kier alpha value is -3.12. The summed E-state index contributed by atoms with van der Waals surface area (Å²) < 4.78 is 17.9. The smallest absolute Gasteiger partial charge is 0.136 e. The van der Waals surface area contributed by atoms with Gasteiger partial charge in [0, 0.05) is 22.9 Å². The van der Waals surface area contributed by atoms with Gasteiger partial charge in [0.25, 0.3) is 0 Å². The maximum Gasteiger partial charge on any atom is 0.136 e. The van der Waals surface area contributed by atoms with Gasteiger partial charge in [-0.15, -0.1) is 4.72 Å². The van der Waals surface area contributed by atoms with Crippen molar-refractivity contribution in [3.63, 3.8) is 0 Å². The Balaban J connectivity index is 1.78. The second kappa shape index (κ2) is 9.02. The summed E-state index contributed by atoms with van der Waals surface area (Å²) in [6.07, 6.45) is 9.75. The van der Waals surface area contributed by atoms with Crippen LogP contribution in [0.3, 0.4) is 0 Å². The summed E-state index contributed by atoms with van der Waals surface area (Å²) in [6.45, 7) is 7.83. The molecule has 3 atom stereocenters. The fraction of sp³-hybridized carbons (Fsp3) is 0.320. The number of nitriles is 1. The number of dihydropyridines is 1. The largest absolute Gasteiger partial charge is 0.598 e. The minimum atomic E-state index is -1.33. The molecule has 8 heteroatoms. The number of hydrogen-bond donors (Lipinski definition) is 2. The molecule has 1 aromatic carbocycles. The van der Waals surface area contributed by atoms with Crippen LogP contribution in [0.2, 0.25) is 0 Å². The molecule has 1 aliphatic rings. The summed E-state index contributed by atoms with van der Waals surface area (Å²) in [4.78, 5) is 4.72. The number of para-hydroxylation sites is 1. The lowest BCUT2D eigenvalue weighted by Crippen LogP contribution is -2.47. The normalized spacial score (nSPS) is 20.1. The first-order chi connectivity index (χ1) is 15.7. The minimum absolute atomic E-state index is 0.371. The molecular formula is C25H28N6OS. The molecule has 7 nitrogen and oxygen atoms in total. The molecule has 0 aliphatic carbocycles. The molecular weight excluding hydrogens is 432 g/mol. The lowest BCUT2D eigenvalue weighted by molar-refractivity contribution is 0.385. The van der Waals surface area contributed by atoms with Crippen LogP contribution in [-0.2, 0) is 11.4 Å². The van der Waals surface area contributed by atoms with Gasteiger partial charge in [-0.05, 0) is 58.4 Å². The highest BCUT2D eigenvalue weighted by molar-refractivity contribution is 7.90. The number of nitrogens with one attached hydrogen (secondary N) is 2. The lowest BCUT2D eigenvalue weighted by atomic mass is 9.89. The van der Waals surface area contributed by atoms with E-state index in [1.807, 2.05) is 87.1 Å². The topological polar surface area (TPSA) is 102 Å². The first-order valence-electron chi connectivity index (χ1n) is 10.8. The molecule has 2 N–H and O–H groups in total. The zero-order valence-corrected chi connectivity index (χ0v) is 20.1. The van der Waals surface area contributed by atoms with Gasteiger partial charge in [0.2, 0.25) is 0 Å². The van der Waals surface area contributed by atoms with Crippen molar-refractivity contribution in [2.75, 3.05) is 0 Å². The first-order valence-corrected chi connectivity index (χ1v) is 12.0. The van der Waals surface area contributed by atoms with E-state index >= 15 is 0 Å². The standard InChI is InChI=1S/C25H28N6OS/c1-24(2,3)33(32)30-20(15-25(4)13-7-10-19(16-26)29-25)23-22(12-8-14-27-23)31-21-11-6-5-9-18(21)17-28-31/h5-14,17,20,29-30H,15H2,1-4H3. The molecule has 3 heterocycles. The number of nitrogens with zero attached hydrogens (tertiary/aromatic N) is 4. The Morgan fingerprint density at radius 3 is 2.82 bits per heavy atom. The van der Waals surface area contributed by atoms with Gasteiger partial charge in [0.15, 0.2) is 0 Å². The number of pyridine rings is 1. The number of fused-ring (bicyclic) bond motifs is 1. The molecule has 0 fully saturated rings. The van der Waals surface area contributed by atoms with Crippen LogP contribution in [0.4, 0.5) is 0 Å². The van der Waals surface area contributed by atoms with Crippen LogP contribution in [0.15, 0.2) is 72.7 Å². The van der Waals surface area contributed by atoms with Gasteiger partial charge in [-0.25, -0.2) is 4.68 Å². The van der Waals surface area contributed by atoms with Gasteiger partial charge in [-0.2, -0.15) is 10.4 Å². The van der Waals surface area contributed by atoms with Crippen LogP contribution in [-0.4, -0.2) is 29.6 Å². The van der Waals surface area contributed by atoms with E-state index in [0.29, 0.717) is 12.1 Å². The number of allylic oxidation sites excluding steroid dienone is 3. The van der Waals surface area contributed by atoms with Crippen molar-refractivity contribution in [1.82, 2.24) is 24.8 Å². The van der Waals surface area contributed by atoms with Gasteiger partial charge in [-0.1, -0.05) is 30.4 Å². The molecule has 0 amide bonds. The van der Waals surface area contributed by atoms with Crippen molar-refractivity contribution in [2.45, 2.75) is 50.4 Å². The molecule has 1 aliphatic heterocycles. The number of hydrogen-bond acceptors (Lipinski definition) is 6. The van der Waals surface area contributed by atoms with Gasteiger partial charge in [0.1, 0.15) is 16.5 Å². The Labute approximate surface area is 197 Å². The summed E-state index contributed by atoms with van der Waals surface area (Å²) in [6, 6.07) is 13.7. The minimum Gasteiger partial charge on any atom is -0.598 e. The molecule has 170 valence electrons. The molecule has 3 aromatic rings. The Morgan fingerprint density at radius 1 is 1.27 bits per heavy atom. The molecule has 0 radical (unpaired) electrons. The van der Waals surface area contributed by atoms with E-state index < -0.39 is 21.6 Å². The molecule has 3 unspecified atom stereocenters. The zero-order chi connectivity index (χ0) is 23.6. The van der Waals surface area contributed by atoms with E-state index in [1.54, 1.807) is 12.3 Å². The van der Waals surface area contributed by atoms with E-state index in [9.17, 15) is 9.81 Å². The first kappa shape index (κ1) is 23.1. The average Bonchev–Trinajstić information content (AvgIpc) is 3.22. The van der Waals surface area contributed by atoms with E-state index in [2.05, 4.69) is 21.2 Å². The SMILES string of the molecule is CC1(CC(N[S+]([O-])C(C)(C)C)c2ncccc2-n2ncc3ccccc32)C=CC=C(C#N)N1. The maximum atomic E-state index is 13.2. The Morgan fingerprint density at radius 2 is 2.06 bits per heavy atom. The molecule has 0 bridgehead atoms. The third-order valence-electron chi connectivity index (χ3n) is 5.55. The van der Waals surface area contributed by atoms with Crippen LogP contribution in [0.5, 0.6) is 0 Å². The van der Waals surface area contributed by atoms with Crippen molar-refractivity contribution in [1.29, 1.82) is 5.26 Å². The Kier molecular flexibility index (Phi) is 6.30. The second-order valence-corrected chi connectivity index (χ2v) is 11.4. The van der Waals surface area contributed by atoms with Crippen molar-refractivity contribution in [2.24, 2.45) is 0 Å². The summed E-state index contributed by atoms with van der Waals surface area (Å²) >= 11 is -1.33. The third kappa shape index (κ3) is 4.96. The van der Waals surface area contributed by atoms with Crippen LogP contribution in [0.1, 0.15) is 45.9 Å². The van der Waals surface area contributed by atoms with Crippen LogP contribution >= 0.6 is 0 Å². The number of rotatable bonds is 6. The van der Waals surface area contributed by atoms with E-state index in [0.717, 1.165) is 22.3 Å². The van der Waals surface area contributed by atoms with E-state index in [-0.39, 0.29) is 6.04 Å². The third-order valence-corrected chi connectivity index (χ3v) is 7.16. The molecule has 0 spiro atoms. The fourth-order valence-corrected chi connectivity index (χ4v) is 4.68. The van der Waals surface area contributed by atoms with Crippen molar-refractivity contribution in [3.05, 3.63) is 78.4 Å². The predicted molar refractivity (Wildman–Crippen MR) is 132 cm³/mol. The summed E-state index contributed by atoms with van der Waals surface area (Å²) in [7, 11) is 0. The predicted octanol–water partition coefficient (Wildman–Crippen LogP) is 4.23. The summed E-state index contributed by atoms with van der Waals surface area (Å²) in [5.41, 5.74) is 2.50. The van der Waals surface area contributed by atoms with Crippen LogP contribution < -0.4 is 10.0 Å².